The van der Waals surface area contributed by atoms with Crippen LogP contribution >= 0.6 is 11.8 Å². The van der Waals surface area contributed by atoms with E-state index in [1.807, 2.05) is 0 Å². The summed E-state index contributed by atoms with van der Waals surface area (Å²) in [5.74, 6) is -1.24. The maximum Gasteiger partial charge on any atom is 0.453 e. The smallest absolute Gasteiger partial charge is 0.258 e. The molecule has 7 nitrogen and oxygen atoms in total. The van der Waals surface area contributed by atoms with Gasteiger partial charge in [0.05, 0.1) is 11.1 Å². The standard InChI is InChI=1S/C11H8F3N5O2S/c1-22-10-17-16-9(11(12,13)14)18(10)15-6-7-2-4-8(5-3-7)19(20)21/h2-6H,1H3/b15-6+. The van der Waals surface area contributed by atoms with Gasteiger partial charge in [-0.3, -0.25) is 10.1 Å². The van der Waals surface area contributed by atoms with Crippen LogP contribution in [0.1, 0.15) is 11.4 Å². The number of nitrogens with zero attached hydrogens (tertiary/aromatic N) is 5. The van der Waals surface area contributed by atoms with Gasteiger partial charge in [-0.1, -0.05) is 11.8 Å². The van der Waals surface area contributed by atoms with E-state index in [9.17, 15) is 23.3 Å². The number of hydrogen-bond acceptors (Lipinski definition) is 6. The second-order valence-electron chi connectivity index (χ2n) is 3.91. The Balaban J connectivity index is 2.33. The monoisotopic (exact) mass is 331 g/mol. The number of alkyl halides is 3. The van der Waals surface area contributed by atoms with Gasteiger partial charge in [0.25, 0.3) is 11.5 Å². The van der Waals surface area contributed by atoms with E-state index in [0.29, 0.717) is 10.2 Å². The van der Waals surface area contributed by atoms with Crippen LogP contribution in [0, 0.1) is 10.1 Å². The number of hydrogen-bond donors (Lipinski definition) is 0. The zero-order chi connectivity index (χ0) is 16.3. The molecule has 1 aromatic heterocycles. The number of nitro benzene ring substituents is 1. The van der Waals surface area contributed by atoms with Crippen molar-refractivity contribution in [2.24, 2.45) is 5.10 Å². The quantitative estimate of drug-likeness (QED) is 0.372. The second kappa shape index (κ2) is 6.13. The fourth-order valence-corrected chi connectivity index (χ4v) is 1.91. The van der Waals surface area contributed by atoms with Crippen LogP contribution in [0.5, 0.6) is 0 Å². The summed E-state index contributed by atoms with van der Waals surface area (Å²) in [4.78, 5) is 9.94. The molecule has 2 rings (SSSR count). The predicted molar refractivity (Wildman–Crippen MR) is 72.9 cm³/mol. The van der Waals surface area contributed by atoms with Gasteiger partial charge in [-0.2, -0.15) is 22.9 Å². The van der Waals surface area contributed by atoms with Crippen LogP contribution in [0.2, 0.25) is 0 Å². The molecule has 116 valence electrons. The molecule has 0 amide bonds. The third-order valence-corrected chi connectivity index (χ3v) is 3.09. The molecule has 2 aromatic rings. The highest BCUT2D eigenvalue weighted by atomic mass is 32.2. The Morgan fingerprint density at radius 3 is 2.45 bits per heavy atom. The Morgan fingerprint density at radius 1 is 1.32 bits per heavy atom. The normalized spacial score (nSPS) is 12.0. The first-order valence-electron chi connectivity index (χ1n) is 5.68. The number of benzene rings is 1. The van der Waals surface area contributed by atoms with E-state index in [-0.39, 0.29) is 10.8 Å². The van der Waals surface area contributed by atoms with Crippen molar-refractivity contribution >= 4 is 23.7 Å². The lowest BCUT2D eigenvalue weighted by molar-refractivity contribution is -0.384. The molecule has 0 spiro atoms. The third-order valence-electron chi connectivity index (χ3n) is 2.47. The lowest BCUT2D eigenvalue weighted by Gasteiger charge is -2.05. The van der Waals surface area contributed by atoms with Gasteiger partial charge in [0.15, 0.2) is 0 Å². The summed E-state index contributed by atoms with van der Waals surface area (Å²) < 4.78 is 38.9. The number of non-ortho nitro benzene ring substituents is 1. The molecule has 1 aromatic carbocycles. The van der Waals surface area contributed by atoms with E-state index in [2.05, 4.69) is 15.3 Å². The molecule has 0 aliphatic heterocycles. The highest BCUT2D eigenvalue weighted by Gasteiger charge is 2.38. The average molecular weight is 331 g/mol. The minimum absolute atomic E-state index is 0.0227. The Kier molecular flexibility index (Phi) is 4.45. The Morgan fingerprint density at radius 2 is 1.95 bits per heavy atom. The van der Waals surface area contributed by atoms with Crippen molar-refractivity contribution in [3.05, 3.63) is 45.8 Å². The first-order chi connectivity index (χ1) is 10.3. The summed E-state index contributed by atoms with van der Waals surface area (Å²) >= 11 is 0.960. The summed E-state index contributed by atoms with van der Waals surface area (Å²) in [7, 11) is 0. The summed E-state index contributed by atoms with van der Waals surface area (Å²) in [6.07, 6.45) is -2.00. The first-order valence-corrected chi connectivity index (χ1v) is 6.91. The van der Waals surface area contributed by atoms with Gasteiger partial charge in [-0.05, 0) is 24.0 Å². The van der Waals surface area contributed by atoms with Crippen LogP contribution in [0.4, 0.5) is 18.9 Å². The molecular weight excluding hydrogens is 323 g/mol. The maximum absolute atomic E-state index is 12.8. The van der Waals surface area contributed by atoms with Crippen molar-refractivity contribution in [2.75, 3.05) is 6.26 Å². The zero-order valence-electron chi connectivity index (χ0n) is 11.0. The fraction of sp³-hybridized carbons (Fsp3) is 0.182. The molecule has 1 heterocycles. The Bertz CT molecular complexity index is 712. The molecule has 0 N–H and O–H groups in total. The molecule has 0 saturated carbocycles. The fourth-order valence-electron chi connectivity index (χ4n) is 1.48. The lowest BCUT2D eigenvalue weighted by Crippen LogP contribution is -2.13. The molecular formula is C11H8F3N5O2S. The average Bonchev–Trinajstić information content (AvgIpc) is 2.88. The predicted octanol–water partition coefficient (Wildman–Crippen LogP) is 2.81. The van der Waals surface area contributed by atoms with Gasteiger partial charge >= 0.3 is 6.18 Å². The highest BCUT2D eigenvalue weighted by molar-refractivity contribution is 7.98. The van der Waals surface area contributed by atoms with E-state index in [1.165, 1.54) is 24.3 Å². The Labute approximate surface area is 126 Å². The van der Waals surface area contributed by atoms with Gasteiger partial charge in [-0.25, -0.2) is 0 Å². The first kappa shape index (κ1) is 15.9. The van der Waals surface area contributed by atoms with E-state index in [4.69, 9.17) is 0 Å². The van der Waals surface area contributed by atoms with Gasteiger partial charge < -0.3 is 0 Å². The number of halogens is 3. The lowest BCUT2D eigenvalue weighted by atomic mass is 10.2. The van der Waals surface area contributed by atoms with Crippen molar-refractivity contribution in [1.82, 2.24) is 14.9 Å². The van der Waals surface area contributed by atoms with Crippen molar-refractivity contribution in [1.29, 1.82) is 0 Å². The van der Waals surface area contributed by atoms with E-state index in [0.717, 1.165) is 18.0 Å². The van der Waals surface area contributed by atoms with Crippen molar-refractivity contribution in [3.8, 4) is 0 Å². The third kappa shape index (κ3) is 3.42. The molecule has 0 atom stereocenters. The minimum atomic E-state index is -4.69. The van der Waals surface area contributed by atoms with Crippen LogP contribution in [-0.4, -0.2) is 32.3 Å². The van der Waals surface area contributed by atoms with Crippen LogP contribution in [0.15, 0.2) is 34.5 Å². The molecule has 0 saturated heterocycles. The topological polar surface area (TPSA) is 86.2 Å². The van der Waals surface area contributed by atoms with Crippen LogP contribution in [0.3, 0.4) is 0 Å². The van der Waals surface area contributed by atoms with Crippen molar-refractivity contribution in [2.45, 2.75) is 11.3 Å². The molecule has 22 heavy (non-hydrogen) atoms. The number of nitro groups is 1. The molecule has 0 unspecified atom stereocenters. The molecule has 0 radical (unpaired) electrons. The van der Waals surface area contributed by atoms with Gasteiger partial charge in [0.2, 0.25) is 5.16 Å². The number of aromatic nitrogens is 3. The number of thioether (sulfide) groups is 1. The summed E-state index contributed by atoms with van der Waals surface area (Å²) in [5.41, 5.74) is 0.279. The second-order valence-corrected chi connectivity index (χ2v) is 4.69. The largest absolute Gasteiger partial charge is 0.453 e. The molecule has 0 bridgehead atoms. The summed E-state index contributed by atoms with van der Waals surface area (Å²) in [6, 6.07) is 5.21. The SMILES string of the molecule is CSc1nnc(C(F)(F)F)n1/N=C/c1ccc([N+](=O)[O-])cc1. The van der Waals surface area contributed by atoms with E-state index in [1.54, 1.807) is 6.26 Å². The molecule has 0 fully saturated rings. The minimum Gasteiger partial charge on any atom is -0.258 e. The highest BCUT2D eigenvalue weighted by Crippen LogP contribution is 2.29. The van der Waals surface area contributed by atoms with E-state index >= 15 is 0 Å². The molecule has 11 heteroatoms. The maximum atomic E-state index is 12.8. The van der Waals surface area contributed by atoms with Crippen LogP contribution in [0.25, 0.3) is 0 Å². The Hall–Kier alpha value is -2.43. The van der Waals surface area contributed by atoms with E-state index < -0.39 is 16.9 Å². The molecule has 0 aliphatic rings. The van der Waals surface area contributed by atoms with Crippen LogP contribution < -0.4 is 0 Å². The summed E-state index contributed by atoms with van der Waals surface area (Å²) in [5, 5.41) is 20.7. The van der Waals surface area contributed by atoms with Gasteiger partial charge in [0, 0.05) is 12.1 Å². The number of rotatable bonds is 4. The van der Waals surface area contributed by atoms with Gasteiger partial charge in [-0.15, -0.1) is 10.2 Å². The van der Waals surface area contributed by atoms with Crippen molar-refractivity contribution in [3.63, 3.8) is 0 Å². The summed E-state index contributed by atoms with van der Waals surface area (Å²) in [6.45, 7) is 0. The van der Waals surface area contributed by atoms with Gasteiger partial charge in [0.1, 0.15) is 0 Å². The molecule has 0 aliphatic carbocycles. The van der Waals surface area contributed by atoms with Crippen molar-refractivity contribution < 1.29 is 18.1 Å². The van der Waals surface area contributed by atoms with Crippen LogP contribution in [-0.2, 0) is 6.18 Å². The zero-order valence-corrected chi connectivity index (χ0v) is 11.8.